The minimum atomic E-state index is -4.68. The van der Waals surface area contributed by atoms with Crippen LogP contribution in [0.4, 0.5) is 13.2 Å². The van der Waals surface area contributed by atoms with Gasteiger partial charge < -0.3 is 15.1 Å². The molecular weight excluding hydrogens is 279 g/mol. The van der Waals surface area contributed by atoms with Crippen LogP contribution in [0.3, 0.4) is 0 Å². The number of aliphatic carboxylic acids is 1. The minimum Gasteiger partial charge on any atom is -0.508 e. The number of carboxylic acids is 1. The van der Waals surface area contributed by atoms with Gasteiger partial charge in [-0.3, -0.25) is 9.59 Å². The van der Waals surface area contributed by atoms with Gasteiger partial charge in [0.15, 0.2) is 0 Å². The molecule has 0 radical (unpaired) electrons. The van der Waals surface area contributed by atoms with E-state index >= 15 is 0 Å². The summed E-state index contributed by atoms with van der Waals surface area (Å²) in [4.78, 5) is 22.4. The zero-order valence-corrected chi connectivity index (χ0v) is 10.2. The molecule has 0 atom stereocenters. The average molecular weight is 291 g/mol. The molecule has 20 heavy (non-hydrogen) atoms. The van der Waals surface area contributed by atoms with Crippen LogP contribution in [0, 0.1) is 0 Å². The summed E-state index contributed by atoms with van der Waals surface area (Å²) in [6.45, 7) is -2.66. The molecule has 1 rings (SSSR count). The Morgan fingerprint density at radius 2 is 1.90 bits per heavy atom. The van der Waals surface area contributed by atoms with E-state index in [-0.39, 0.29) is 10.6 Å². The number of phenols is 1. The molecule has 0 bridgehead atoms. The van der Waals surface area contributed by atoms with Crippen LogP contribution in [0.1, 0.15) is 5.56 Å². The number of nitrogens with zero attached hydrogens (tertiary/aromatic N) is 1. The van der Waals surface area contributed by atoms with E-state index in [1.807, 2.05) is 0 Å². The largest absolute Gasteiger partial charge is 0.508 e. The second kappa shape index (κ2) is 6.27. The second-order valence-corrected chi connectivity index (χ2v) is 4.11. The van der Waals surface area contributed by atoms with Crippen LogP contribution in [0.15, 0.2) is 24.3 Å². The number of hydrogen-bond donors (Lipinski definition) is 2. The molecule has 0 spiro atoms. The number of carbonyl (C=O) groups is 2. The number of rotatable bonds is 5. The Balaban J connectivity index is 2.79. The van der Waals surface area contributed by atoms with Crippen LogP contribution in [0.2, 0.25) is 0 Å². The quantitative estimate of drug-likeness (QED) is 0.860. The van der Waals surface area contributed by atoms with Gasteiger partial charge in [0, 0.05) is 0 Å². The molecule has 0 fully saturated rings. The lowest BCUT2D eigenvalue weighted by molar-refractivity contribution is -0.165. The smallest absolute Gasteiger partial charge is 0.406 e. The van der Waals surface area contributed by atoms with Crippen molar-refractivity contribution in [2.45, 2.75) is 12.6 Å². The first-order chi connectivity index (χ1) is 9.17. The molecule has 110 valence electrons. The van der Waals surface area contributed by atoms with Crippen molar-refractivity contribution in [3.63, 3.8) is 0 Å². The molecule has 0 aliphatic carbocycles. The first-order valence-electron chi connectivity index (χ1n) is 5.51. The first kappa shape index (κ1) is 15.8. The predicted octanol–water partition coefficient (Wildman–Crippen LogP) is 1.41. The maximum Gasteiger partial charge on any atom is 0.406 e. The number of hydrogen-bond acceptors (Lipinski definition) is 3. The Morgan fingerprint density at radius 3 is 2.40 bits per heavy atom. The monoisotopic (exact) mass is 291 g/mol. The van der Waals surface area contributed by atoms with Gasteiger partial charge in [0.25, 0.3) is 0 Å². The SMILES string of the molecule is O=C(O)CN(CC(F)(F)F)C(=O)Cc1cccc(O)c1. The molecule has 0 unspecified atom stereocenters. The highest BCUT2D eigenvalue weighted by Crippen LogP contribution is 2.18. The van der Waals surface area contributed by atoms with Crippen LogP contribution < -0.4 is 0 Å². The maximum atomic E-state index is 12.3. The Kier molecular flexibility index (Phi) is 4.95. The maximum absolute atomic E-state index is 12.3. The van der Waals surface area contributed by atoms with Crippen molar-refractivity contribution in [3.05, 3.63) is 29.8 Å². The second-order valence-electron chi connectivity index (χ2n) is 4.11. The summed E-state index contributed by atoms with van der Waals surface area (Å²) in [5.74, 6) is -2.63. The number of aromatic hydroxyl groups is 1. The van der Waals surface area contributed by atoms with Crippen molar-refractivity contribution in [1.82, 2.24) is 4.90 Å². The molecule has 0 saturated carbocycles. The standard InChI is InChI=1S/C12H12F3NO4/c13-12(14,15)7-16(6-11(19)20)10(18)5-8-2-1-3-9(17)4-8/h1-4,17H,5-7H2,(H,19,20). The van der Waals surface area contributed by atoms with E-state index in [2.05, 4.69) is 0 Å². The normalized spacial score (nSPS) is 11.2. The zero-order valence-electron chi connectivity index (χ0n) is 10.2. The molecule has 5 nitrogen and oxygen atoms in total. The summed E-state index contributed by atoms with van der Waals surface area (Å²) < 4.78 is 36.9. The van der Waals surface area contributed by atoms with Gasteiger partial charge in [-0.2, -0.15) is 13.2 Å². The average Bonchev–Trinajstić information content (AvgIpc) is 2.25. The highest BCUT2D eigenvalue weighted by Gasteiger charge is 2.33. The molecule has 0 heterocycles. The molecular formula is C12H12F3NO4. The van der Waals surface area contributed by atoms with Crippen molar-refractivity contribution in [1.29, 1.82) is 0 Å². The van der Waals surface area contributed by atoms with E-state index in [1.165, 1.54) is 24.3 Å². The van der Waals surface area contributed by atoms with Crippen LogP contribution in [-0.2, 0) is 16.0 Å². The Hall–Kier alpha value is -2.25. The summed E-state index contributed by atoms with van der Waals surface area (Å²) in [6.07, 6.45) is -5.10. The number of carboxylic acid groups (broad SMARTS) is 1. The van der Waals surface area contributed by atoms with Gasteiger partial charge in [0.2, 0.25) is 5.91 Å². The summed E-state index contributed by atoms with van der Waals surface area (Å²) in [6, 6.07) is 5.45. The Morgan fingerprint density at radius 1 is 1.25 bits per heavy atom. The number of amides is 1. The van der Waals surface area contributed by atoms with Crippen LogP contribution in [0.25, 0.3) is 0 Å². The third kappa shape index (κ3) is 5.59. The van der Waals surface area contributed by atoms with Gasteiger partial charge in [0.05, 0.1) is 6.42 Å². The zero-order chi connectivity index (χ0) is 15.3. The fraction of sp³-hybridized carbons (Fsp3) is 0.333. The van der Waals surface area contributed by atoms with E-state index < -0.39 is 37.6 Å². The Bertz CT molecular complexity index is 502. The molecule has 0 saturated heterocycles. The lowest BCUT2D eigenvalue weighted by atomic mass is 10.1. The molecule has 1 amide bonds. The fourth-order valence-electron chi connectivity index (χ4n) is 1.56. The molecule has 0 aliphatic rings. The van der Waals surface area contributed by atoms with Crippen LogP contribution in [0.5, 0.6) is 5.75 Å². The van der Waals surface area contributed by atoms with E-state index in [0.717, 1.165) is 0 Å². The van der Waals surface area contributed by atoms with Gasteiger partial charge in [-0.25, -0.2) is 0 Å². The number of halogens is 3. The molecule has 2 N–H and O–H groups in total. The van der Waals surface area contributed by atoms with E-state index in [4.69, 9.17) is 5.11 Å². The Labute approximate surface area is 112 Å². The molecule has 8 heteroatoms. The van der Waals surface area contributed by atoms with Crippen LogP contribution >= 0.6 is 0 Å². The van der Waals surface area contributed by atoms with E-state index in [9.17, 15) is 27.9 Å². The fourth-order valence-corrected chi connectivity index (χ4v) is 1.56. The first-order valence-corrected chi connectivity index (χ1v) is 5.51. The third-order valence-corrected chi connectivity index (χ3v) is 2.31. The van der Waals surface area contributed by atoms with Gasteiger partial charge in [-0.15, -0.1) is 0 Å². The molecule has 1 aromatic carbocycles. The highest BCUT2D eigenvalue weighted by atomic mass is 19.4. The number of alkyl halides is 3. The summed E-state index contributed by atoms with van der Waals surface area (Å²) in [5, 5.41) is 17.7. The van der Waals surface area contributed by atoms with Gasteiger partial charge in [-0.1, -0.05) is 12.1 Å². The lowest BCUT2D eigenvalue weighted by Crippen LogP contribution is -2.42. The van der Waals surface area contributed by atoms with Crippen molar-refractivity contribution in [3.8, 4) is 5.75 Å². The van der Waals surface area contributed by atoms with Gasteiger partial charge in [-0.05, 0) is 17.7 Å². The predicted molar refractivity (Wildman–Crippen MR) is 62.1 cm³/mol. The lowest BCUT2D eigenvalue weighted by Gasteiger charge is -2.22. The molecule has 0 aromatic heterocycles. The van der Waals surface area contributed by atoms with Crippen molar-refractivity contribution in [2.24, 2.45) is 0 Å². The topological polar surface area (TPSA) is 77.8 Å². The van der Waals surface area contributed by atoms with Gasteiger partial charge in [0.1, 0.15) is 18.8 Å². The van der Waals surface area contributed by atoms with E-state index in [0.29, 0.717) is 5.56 Å². The summed E-state index contributed by atoms with van der Waals surface area (Å²) in [7, 11) is 0. The van der Waals surface area contributed by atoms with Crippen molar-refractivity contribution in [2.75, 3.05) is 13.1 Å². The third-order valence-electron chi connectivity index (χ3n) is 2.31. The minimum absolute atomic E-state index is 0.129. The van der Waals surface area contributed by atoms with E-state index in [1.54, 1.807) is 0 Å². The number of carbonyl (C=O) groups excluding carboxylic acids is 1. The summed E-state index contributed by atoms with van der Waals surface area (Å²) in [5.41, 5.74) is 0.299. The summed E-state index contributed by atoms with van der Waals surface area (Å²) >= 11 is 0. The molecule has 1 aromatic rings. The van der Waals surface area contributed by atoms with Crippen molar-refractivity contribution >= 4 is 11.9 Å². The van der Waals surface area contributed by atoms with Gasteiger partial charge >= 0.3 is 12.1 Å². The number of benzene rings is 1. The highest BCUT2D eigenvalue weighted by molar-refractivity contribution is 5.83. The molecule has 0 aliphatic heterocycles. The number of phenolic OH excluding ortho intramolecular Hbond substituents is 1. The van der Waals surface area contributed by atoms with Crippen molar-refractivity contribution < 1.29 is 33.0 Å². The van der Waals surface area contributed by atoms with Crippen LogP contribution in [-0.4, -0.2) is 46.3 Å².